The van der Waals surface area contributed by atoms with E-state index in [2.05, 4.69) is 36.0 Å². The van der Waals surface area contributed by atoms with Gasteiger partial charge in [0.1, 0.15) is 0 Å². The third-order valence-electron chi connectivity index (χ3n) is 4.73. The molecule has 1 saturated carbocycles. The summed E-state index contributed by atoms with van der Waals surface area (Å²) in [5, 5.41) is 3.41. The van der Waals surface area contributed by atoms with Crippen LogP contribution in [-0.2, 0) is 4.74 Å². The van der Waals surface area contributed by atoms with Crippen molar-refractivity contribution in [3.8, 4) is 0 Å². The second-order valence-corrected chi connectivity index (χ2v) is 7.09. The molecule has 2 fully saturated rings. The van der Waals surface area contributed by atoms with Crippen LogP contribution in [0.4, 0.5) is 0 Å². The van der Waals surface area contributed by atoms with Crippen LogP contribution in [0.5, 0.6) is 0 Å². The molecule has 24 heavy (non-hydrogen) atoms. The molecule has 2 rings (SSSR count). The summed E-state index contributed by atoms with van der Waals surface area (Å²) in [6.45, 7) is 12.6. The van der Waals surface area contributed by atoms with Crippen LogP contribution in [0.1, 0.15) is 39.5 Å². The third-order valence-corrected chi connectivity index (χ3v) is 4.73. The van der Waals surface area contributed by atoms with Gasteiger partial charge in [-0.25, -0.2) is 0 Å². The summed E-state index contributed by atoms with van der Waals surface area (Å²) >= 11 is 0. The highest BCUT2D eigenvalue weighted by atomic mass is 127. The molecule has 1 atom stereocenters. The van der Waals surface area contributed by atoms with Crippen LogP contribution >= 0.6 is 24.0 Å². The molecule has 0 aromatic rings. The average Bonchev–Trinajstić information content (AvgIpc) is 3.27. The molecule has 0 radical (unpaired) electrons. The highest BCUT2D eigenvalue weighted by Crippen LogP contribution is 2.28. The van der Waals surface area contributed by atoms with Gasteiger partial charge in [0.2, 0.25) is 0 Å². The van der Waals surface area contributed by atoms with Gasteiger partial charge in [-0.15, -0.1) is 24.0 Å². The van der Waals surface area contributed by atoms with E-state index in [0.717, 1.165) is 50.6 Å². The summed E-state index contributed by atoms with van der Waals surface area (Å²) in [6, 6.07) is 0. The van der Waals surface area contributed by atoms with Crippen molar-refractivity contribution in [2.75, 3.05) is 59.5 Å². The normalized spacial score (nSPS) is 21.6. The van der Waals surface area contributed by atoms with Gasteiger partial charge in [-0.1, -0.05) is 6.92 Å². The topological polar surface area (TPSA) is 40.1 Å². The molecule has 1 aliphatic carbocycles. The molecule has 0 aromatic carbocycles. The second-order valence-electron chi connectivity index (χ2n) is 7.09. The summed E-state index contributed by atoms with van der Waals surface area (Å²) in [4.78, 5) is 9.64. The molecule has 0 spiro atoms. The van der Waals surface area contributed by atoms with E-state index in [4.69, 9.17) is 9.73 Å². The first kappa shape index (κ1) is 22.0. The van der Waals surface area contributed by atoms with Gasteiger partial charge >= 0.3 is 0 Å². The molecule has 0 bridgehead atoms. The van der Waals surface area contributed by atoms with E-state index in [1.54, 1.807) is 0 Å². The fraction of sp³-hybridized carbons (Fsp3) is 0.944. The van der Waals surface area contributed by atoms with Crippen LogP contribution in [-0.4, -0.2) is 75.3 Å². The molecule has 0 aromatic heterocycles. The molecule has 5 nitrogen and oxygen atoms in total. The molecule has 1 saturated heterocycles. The molecule has 1 unspecified atom stereocenters. The zero-order chi connectivity index (χ0) is 16.5. The Morgan fingerprint density at radius 3 is 2.71 bits per heavy atom. The van der Waals surface area contributed by atoms with Crippen LogP contribution < -0.4 is 5.32 Å². The van der Waals surface area contributed by atoms with Crippen LogP contribution in [0.25, 0.3) is 0 Å². The molecule has 1 N–H and O–H groups in total. The van der Waals surface area contributed by atoms with E-state index in [1.807, 2.05) is 0 Å². The number of likely N-dealkylation sites (N-methyl/N-ethyl adjacent to an activating group) is 1. The Labute approximate surface area is 165 Å². The maximum atomic E-state index is 5.74. The Kier molecular flexibility index (Phi) is 11.3. The summed E-state index contributed by atoms with van der Waals surface area (Å²) in [7, 11) is 2.11. The number of ether oxygens (including phenoxy) is 1. The first-order valence-corrected chi connectivity index (χ1v) is 9.52. The fourth-order valence-electron chi connectivity index (χ4n) is 3.11. The minimum atomic E-state index is 0. The number of nitrogens with one attached hydrogen (secondary N) is 1. The minimum Gasteiger partial charge on any atom is -0.379 e. The number of guanidine groups is 1. The van der Waals surface area contributed by atoms with Gasteiger partial charge in [-0.2, -0.15) is 0 Å². The van der Waals surface area contributed by atoms with Gasteiger partial charge in [0.05, 0.1) is 6.61 Å². The Morgan fingerprint density at radius 1 is 1.25 bits per heavy atom. The number of hydrogen-bond donors (Lipinski definition) is 1. The predicted molar refractivity (Wildman–Crippen MR) is 112 cm³/mol. The number of halogens is 1. The molecule has 1 heterocycles. The lowest BCUT2D eigenvalue weighted by Crippen LogP contribution is -2.41. The summed E-state index contributed by atoms with van der Waals surface area (Å²) in [6.07, 6.45) is 5.26. The van der Waals surface area contributed by atoms with Gasteiger partial charge in [-0.3, -0.25) is 4.99 Å². The van der Waals surface area contributed by atoms with Crippen molar-refractivity contribution in [3.05, 3.63) is 0 Å². The average molecular weight is 452 g/mol. The Hall–Kier alpha value is -0.0800. The lowest BCUT2D eigenvalue weighted by molar-refractivity contribution is 0.115. The van der Waals surface area contributed by atoms with Crippen LogP contribution in [0.3, 0.4) is 0 Å². The van der Waals surface area contributed by atoms with E-state index >= 15 is 0 Å². The van der Waals surface area contributed by atoms with Crippen molar-refractivity contribution >= 4 is 29.9 Å². The van der Waals surface area contributed by atoms with Crippen molar-refractivity contribution < 1.29 is 4.74 Å². The molecule has 1 aliphatic heterocycles. The molecule has 2 aliphatic rings. The van der Waals surface area contributed by atoms with Crippen LogP contribution in [0.2, 0.25) is 0 Å². The van der Waals surface area contributed by atoms with Gasteiger partial charge in [0.15, 0.2) is 5.96 Å². The molecular weight excluding hydrogens is 415 g/mol. The van der Waals surface area contributed by atoms with Crippen molar-refractivity contribution in [1.29, 1.82) is 0 Å². The predicted octanol–water partition coefficient (Wildman–Crippen LogP) is 2.66. The SMILES string of the molecule is CCCN1CCC(CN=C(NCC)N(C)CCOCC2CC2)C1.I. The standard InChI is InChI=1S/C18H36N4O.HI/c1-4-9-22-10-8-17(14-22)13-20-18(19-5-2)21(3)11-12-23-15-16-6-7-16;/h16-17H,4-15H2,1-3H3,(H,19,20);1H. The van der Waals surface area contributed by atoms with Gasteiger partial charge in [0.25, 0.3) is 0 Å². The van der Waals surface area contributed by atoms with Gasteiger partial charge in [-0.05, 0) is 57.5 Å². The number of likely N-dealkylation sites (tertiary alicyclic amines) is 1. The van der Waals surface area contributed by atoms with Crippen LogP contribution in [0.15, 0.2) is 4.99 Å². The maximum Gasteiger partial charge on any atom is 0.193 e. The third kappa shape index (κ3) is 8.34. The van der Waals surface area contributed by atoms with E-state index in [-0.39, 0.29) is 24.0 Å². The highest BCUT2D eigenvalue weighted by Gasteiger charge is 2.22. The van der Waals surface area contributed by atoms with Crippen LogP contribution in [0, 0.1) is 11.8 Å². The first-order chi connectivity index (χ1) is 11.2. The maximum absolute atomic E-state index is 5.74. The fourth-order valence-corrected chi connectivity index (χ4v) is 3.11. The smallest absolute Gasteiger partial charge is 0.193 e. The van der Waals surface area contributed by atoms with E-state index in [0.29, 0.717) is 0 Å². The van der Waals surface area contributed by atoms with Gasteiger partial charge < -0.3 is 19.9 Å². The lowest BCUT2D eigenvalue weighted by Gasteiger charge is -2.22. The number of nitrogens with zero attached hydrogens (tertiary/aromatic N) is 3. The molecule has 0 amide bonds. The molecule has 142 valence electrons. The van der Waals surface area contributed by atoms with E-state index in [1.165, 1.54) is 45.3 Å². The minimum absolute atomic E-state index is 0. The molecular formula is C18H37IN4O. The number of hydrogen-bond acceptors (Lipinski definition) is 3. The number of aliphatic imine (C=N–C) groups is 1. The largest absolute Gasteiger partial charge is 0.379 e. The second kappa shape index (κ2) is 12.3. The van der Waals surface area contributed by atoms with Crippen molar-refractivity contribution in [2.45, 2.75) is 39.5 Å². The zero-order valence-electron chi connectivity index (χ0n) is 15.8. The van der Waals surface area contributed by atoms with Crippen molar-refractivity contribution in [1.82, 2.24) is 15.1 Å². The summed E-state index contributed by atoms with van der Waals surface area (Å²) in [5.74, 6) is 2.59. The van der Waals surface area contributed by atoms with Gasteiger partial charge in [0, 0.05) is 39.8 Å². The summed E-state index contributed by atoms with van der Waals surface area (Å²) in [5.41, 5.74) is 0. The molecule has 6 heteroatoms. The Balaban J connectivity index is 0.00000288. The van der Waals surface area contributed by atoms with Crippen molar-refractivity contribution in [2.24, 2.45) is 16.8 Å². The van der Waals surface area contributed by atoms with E-state index in [9.17, 15) is 0 Å². The zero-order valence-corrected chi connectivity index (χ0v) is 18.1. The number of rotatable bonds is 10. The Morgan fingerprint density at radius 2 is 2.04 bits per heavy atom. The highest BCUT2D eigenvalue weighted by molar-refractivity contribution is 14.0. The Bertz CT molecular complexity index is 363. The van der Waals surface area contributed by atoms with E-state index < -0.39 is 0 Å². The quantitative estimate of drug-likeness (QED) is 0.240. The summed E-state index contributed by atoms with van der Waals surface area (Å²) < 4.78 is 5.74. The lowest BCUT2D eigenvalue weighted by atomic mass is 10.1. The van der Waals surface area contributed by atoms with Crippen molar-refractivity contribution in [3.63, 3.8) is 0 Å². The monoisotopic (exact) mass is 452 g/mol. The first-order valence-electron chi connectivity index (χ1n) is 9.52.